The fourth-order valence-corrected chi connectivity index (χ4v) is 1.04. The van der Waals surface area contributed by atoms with Gasteiger partial charge in [-0.25, -0.2) is 0 Å². The molecule has 0 saturated carbocycles. The van der Waals surface area contributed by atoms with E-state index < -0.39 is 0 Å². The van der Waals surface area contributed by atoms with Crippen molar-refractivity contribution in [2.75, 3.05) is 0 Å². The van der Waals surface area contributed by atoms with E-state index in [0.29, 0.717) is 5.78 Å². The second kappa shape index (κ2) is 3.44. The molecule has 1 aliphatic rings. The van der Waals surface area contributed by atoms with Crippen molar-refractivity contribution < 1.29 is 4.79 Å². The third-order valence-corrected chi connectivity index (χ3v) is 1.60. The molecule has 0 amide bonds. The predicted octanol–water partition coefficient (Wildman–Crippen LogP) is 2.08. The Balaban J connectivity index is 2.39. The third-order valence-electron chi connectivity index (χ3n) is 1.60. The highest BCUT2D eigenvalue weighted by molar-refractivity contribution is 5.89. The molecule has 0 fully saturated rings. The first-order valence-corrected chi connectivity index (χ1v) is 3.59. The van der Waals surface area contributed by atoms with Gasteiger partial charge in [0.1, 0.15) is 0 Å². The largest absolute Gasteiger partial charge is 0.295 e. The number of ketones is 1. The molecular weight excluding hydrogens is 112 g/mol. The van der Waals surface area contributed by atoms with E-state index in [2.05, 4.69) is 0 Å². The molecule has 9 heavy (non-hydrogen) atoms. The van der Waals surface area contributed by atoms with Gasteiger partial charge in [0.05, 0.1) is 0 Å². The predicted molar refractivity (Wildman–Crippen MR) is 37.2 cm³/mol. The van der Waals surface area contributed by atoms with Gasteiger partial charge < -0.3 is 0 Å². The molecule has 50 valence electrons. The summed E-state index contributed by atoms with van der Waals surface area (Å²) in [5.74, 6) is 0.301. The third kappa shape index (κ3) is 2.45. The topological polar surface area (TPSA) is 17.1 Å². The first kappa shape index (κ1) is 6.53. The Kier molecular flexibility index (Phi) is 2.49. The van der Waals surface area contributed by atoms with E-state index in [0.717, 1.165) is 19.3 Å². The first-order chi connectivity index (χ1) is 4.39. The lowest BCUT2D eigenvalue weighted by Gasteiger charge is -1.99. The van der Waals surface area contributed by atoms with Crippen molar-refractivity contribution in [1.82, 2.24) is 0 Å². The van der Waals surface area contributed by atoms with Crippen LogP contribution >= 0.6 is 0 Å². The summed E-state index contributed by atoms with van der Waals surface area (Å²) in [6.07, 6.45) is 9.12. The van der Waals surface area contributed by atoms with E-state index in [1.54, 1.807) is 6.08 Å². The quantitative estimate of drug-likeness (QED) is 0.483. The van der Waals surface area contributed by atoms with Crippen molar-refractivity contribution in [2.45, 2.75) is 32.1 Å². The van der Waals surface area contributed by atoms with Crippen LogP contribution < -0.4 is 0 Å². The van der Waals surface area contributed by atoms with Crippen molar-refractivity contribution in [2.24, 2.45) is 0 Å². The molecule has 0 spiro atoms. The van der Waals surface area contributed by atoms with Gasteiger partial charge in [0.25, 0.3) is 0 Å². The summed E-state index contributed by atoms with van der Waals surface area (Å²) in [4.78, 5) is 10.7. The highest BCUT2D eigenvalue weighted by atomic mass is 16.1. The zero-order valence-electron chi connectivity index (χ0n) is 5.60. The highest BCUT2D eigenvalue weighted by Gasteiger charge is 1.98. The Morgan fingerprint density at radius 3 is 3.00 bits per heavy atom. The maximum atomic E-state index is 10.7. The first-order valence-electron chi connectivity index (χ1n) is 3.59. The number of rotatable bonds is 0. The van der Waals surface area contributed by atoms with E-state index in [-0.39, 0.29) is 0 Å². The Labute approximate surface area is 55.8 Å². The van der Waals surface area contributed by atoms with Crippen LogP contribution in [0.4, 0.5) is 0 Å². The van der Waals surface area contributed by atoms with Crippen LogP contribution in [0.2, 0.25) is 0 Å². The molecule has 0 bridgehead atoms. The maximum absolute atomic E-state index is 10.7. The Bertz CT molecular complexity index is 125. The molecular formula is C8H12O. The standard InChI is InChI=1S/C8H12O/c9-8-6-4-2-1-3-5-7-8/h4,6H,1-3,5,7H2/b6-4+. The Hall–Kier alpha value is -0.590. The van der Waals surface area contributed by atoms with Crippen molar-refractivity contribution in [1.29, 1.82) is 0 Å². The lowest BCUT2D eigenvalue weighted by Crippen LogP contribution is -1.94. The number of hydrogen-bond acceptors (Lipinski definition) is 1. The Morgan fingerprint density at radius 1 is 1.22 bits per heavy atom. The zero-order chi connectivity index (χ0) is 6.53. The van der Waals surface area contributed by atoms with E-state index in [9.17, 15) is 4.79 Å². The molecule has 0 aliphatic heterocycles. The lowest BCUT2D eigenvalue weighted by molar-refractivity contribution is -0.114. The normalized spacial score (nSPS) is 24.7. The fraction of sp³-hybridized carbons (Fsp3) is 0.625. The van der Waals surface area contributed by atoms with Crippen LogP contribution in [0.3, 0.4) is 0 Å². The van der Waals surface area contributed by atoms with Crippen molar-refractivity contribution in [3.63, 3.8) is 0 Å². The van der Waals surface area contributed by atoms with Gasteiger partial charge in [-0.2, -0.15) is 0 Å². The van der Waals surface area contributed by atoms with E-state index in [4.69, 9.17) is 0 Å². The SMILES string of the molecule is O=C1/C=C/CCCCC1. The Morgan fingerprint density at radius 2 is 2.11 bits per heavy atom. The molecule has 0 radical (unpaired) electrons. The molecule has 0 N–H and O–H groups in total. The van der Waals surface area contributed by atoms with Gasteiger partial charge in [-0.3, -0.25) is 4.79 Å². The minimum atomic E-state index is 0.301. The van der Waals surface area contributed by atoms with Gasteiger partial charge in [-0.15, -0.1) is 0 Å². The summed E-state index contributed by atoms with van der Waals surface area (Å²) in [5, 5.41) is 0. The lowest BCUT2D eigenvalue weighted by atomic mass is 10.1. The van der Waals surface area contributed by atoms with Crippen LogP contribution in [-0.2, 0) is 4.79 Å². The zero-order valence-corrected chi connectivity index (χ0v) is 5.60. The number of carbonyl (C=O) groups excluding carboxylic acids is 1. The van der Waals surface area contributed by atoms with Crippen molar-refractivity contribution in [3.05, 3.63) is 12.2 Å². The van der Waals surface area contributed by atoms with Crippen LogP contribution in [0.5, 0.6) is 0 Å². The average molecular weight is 124 g/mol. The number of carbonyl (C=O) groups is 1. The van der Waals surface area contributed by atoms with E-state index in [1.165, 1.54) is 12.8 Å². The molecule has 0 aromatic rings. The van der Waals surface area contributed by atoms with Gasteiger partial charge in [0.15, 0.2) is 5.78 Å². The van der Waals surface area contributed by atoms with Crippen LogP contribution in [-0.4, -0.2) is 5.78 Å². The maximum Gasteiger partial charge on any atom is 0.155 e. The van der Waals surface area contributed by atoms with Gasteiger partial charge >= 0.3 is 0 Å². The fourth-order valence-electron chi connectivity index (χ4n) is 1.04. The number of hydrogen-bond donors (Lipinski definition) is 0. The van der Waals surface area contributed by atoms with E-state index >= 15 is 0 Å². The summed E-state index contributed by atoms with van der Waals surface area (Å²) < 4.78 is 0. The van der Waals surface area contributed by atoms with Gasteiger partial charge in [-0.1, -0.05) is 12.5 Å². The van der Waals surface area contributed by atoms with Crippen LogP contribution in [0.25, 0.3) is 0 Å². The molecule has 1 rings (SSSR count). The van der Waals surface area contributed by atoms with E-state index in [1.807, 2.05) is 6.08 Å². The molecule has 0 aromatic carbocycles. The minimum Gasteiger partial charge on any atom is -0.295 e. The average Bonchev–Trinajstić information content (AvgIpc) is 1.79. The second-order valence-electron chi connectivity index (χ2n) is 2.47. The van der Waals surface area contributed by atoms with Crippen LogP contribution in [0.15, 0.2) is 12.2 Å². The molecule has 1 aliphatic carbocycles. The summed E-state index contributed by atoms with van der Waals surface area (Å²) in [6, 6.07) is 0. The molecule has 0 heterocycles. The number of allylic oxidation sites excluding steroid dienone is 2. The van der Waals surface area contributed by atoms with Crippen molar-refractivity contribution >= 4 is 5.78 Å². The van der Waals surface area contributed by atoms with Crippen molar-refractivity contribution in [3.8, 4) is 0 Å². The smallest absolute Gasteiger partial charge is 0.155 e. The monoisotopic (exact) mass is 124 g/mol. The summed E-state index contributed by atoms with van der Waals surface area (Å²) >= 11 is 0. The van der Waals surface area contributed by atoms with Crippen LogP contribution in [0.1, 0.15) is 32.1 Å². The molecule has 1 nitrogen and oxygen atoms in total. The van der Waals surface area contributed by atoms with Crippen LogP contribution in [0, 0.1) is 0 Å². The summed E-state index contributed by atoms with van der Waals surface area (Å²) in [6.45, 7) is 0. The minimum absolute atomic E-state index is 0.301. The second-order valence-corrected chi connectivity index (χ2v) is 2.47. The molecule has 0 saturated heterocycles. The molecule has 0 unspecified atom stereocenters. The molecule has 1 heteroatoms. The molecule has 0 aromatic heterocycles. The highest BCUT2D eigenvalue weighted by Crippen LogP contribution is 2.07. The summed E-state index contributed by atoms with van der Waals surface area (Å²) in [5.41, 5.74) is 0. The van der Waals surface area contributed by atoms with Gasteiger partial charge in [0.2, 0.25) is 0 Å². The van der Waals surface area contributed by atoms with Gasteiger partial charge in [-0.05, 0) is 25.3 Å². The molecule has 0 atom stereocenters. The summed E-state index contributed by atoms with van der Waals surface area (Å²) in [7, 11) is 0. The van der Waals surface area contributed by atoms with Gasteiger partial charge in [0, 0.05) is 6.42 Å².